The molecule has 0 bridgehead atoms. The molecule has 1 N–H and O–H groups in total. The van der Waals surface area contributed by atoms with E-state index in [0.29, 0.717) is 0 Å². The molecule has 0 aliphatic carbocycles. The highest BCUT2D eigenvalue weighted by Crippen LogP contribution is 2.31. The van der Waals surface area contributed by atoms with Gasteiger partial charge >= 0.3 is 5.97 Å². The van der Waals surface area contributed by atoms with Crippen molar-refractivity contribution in [2.24, 2.45) is 0 Å². The van der Waals surface area contributed by atoms with Gasteiger partial charge in [-0.2, -0.15) is 0 Å². The van der Waals surface area contributed by atoms with Gasteiger partial charge in [-0.05, 0) is 54.3 Å². The number of aliphatic carboxylic acids is 1. The summed E-state index contributed by atoms with van der Waals surface area (Å²) in [5, 5.41) is 9.13. The van der Waals surface area contributed by atoms with Crippen molar-refractivity contribution in [2.75, 3.05) is 11.4 Å². The van der Waals surface area contributed by atoms with Crippen molar-refractivity contribution in [1.82, 2.24) is 0 Å². The zero-order valence-electron chi connectivity index (χ0n) is 16.3. The predicted octanol–water partition coefficient (Wildman–Crippen LogP) is 5.51. The van der Waals surface area contributed by atoms with E-state index >= 15 is 0 Å². The minimum absolute atomic E-state index is 0.0749. The number of benzene rings is 3. The fourth-order valence-corrected chi connectivity index (χ4v) is 3.99. The van der Waals surface area contributed by atoms with E-state index < -0.39 is 5.97 Å². The molecule has 0 amide bonds. The van der Waals surface area contributed by atoms with Crippen LogP contribution in [0.3, 0.4) is 0 Å². The number of para-hydroxylation sites is 1. The molecule has 0 spiro atoms. The summed E-state index contributed by atoms with van der Waals surface area (Å²) in [5.74, 6) is 0.897. The van der Waals surface area contributed by atoms with Crippen LogP contribution in [0.1, 0.15) is 30.4 Å². The maximum atomic E-state index is 11.1. The topological polar surface area (TPSA) is 49.8 Å². The zero-order chi connectivity index (χ0) is 20.1. The smallest absolute Gasteiger partial charge is 0.305 e. The Bertz CT molecular complexity index is 953. The summed E-state index contributed by atoms with van der Waals surface area (Å²) in [5.41, 5.74) is 3.44. The summed E-state index contributed by atoms with van der Waals surface area (Å²) >= 11 is 0. The second-order valence-corrected chi connectivity index (χ2v) is 7.45. The Kier molecular flexibility index (Phi) is 5.80. The van der Waals surface area contributed by atoms with Crippen molar-refractivity contribution in [3.8, 4) is 11.5 Å². The number of anilines is 1. The Morgan fingerprint density at radius 1 is 0.966 bits per heavy atom. The molecule has 1 aliphatic heterocycles. The number of carboxylic acid groups (broad SMARTS) is 1. The Morgan fingerprint density at radius 2 is 1.69 bits per heavy atom. The molecular formula is C25H25NO3. The van der Waals surface area contributed by atoms with Gasteiger partial charge in [0.05, 0.1) is 6.42 Å². The third-order valence-corrected chi connectivity index (χ3v) is 5.39. The quantitative estimate of drug-likeness (QED) is 0.580. The van der Waals surface area contributed by atoms with E-state index in [1.165, 1.54) is 5.56 Å². The second kappa shape index (κ2) is 8.82. The summed E-state index contributed by atoms with van der Waals surface area (Å²) in [6, 6.07) is 26.5. The van der Waals surface area contributed by atoms with E-state index in [0.717, 1.165) is 48.6 Å². The first-order chi connectivity index (χ1) is 14.2. The van der Waals surface area contributed by atoms with Crippen molar-refractivity contribution >= 4 is 11.7 Å². The fraction of sp³-hybridized carbons (Fsp3) is 0.240. The molecule has 29 heavy (non-hydrogen) atoms. The summed E-state index contributed by atoms with van der Waals surface area (Å²) in [6.45, 7) is 0.901. The zero-order valence-corrected chi connectivity index (χ0v) is 16.3. The monoisotopic (exact) mass is 387 g/mol. The molecule has 0 unspecified atom stereocenters. The molecule has 4 rings (SSSR count). The predicted molar refractivity (Wildman–Crippen MR) is 115 cm³/mol. The molecule has 3 aromatic rings. The average molecular weight is 387 g/mol. The van der Waals surface area contributed by atoms with Gasteiger partial charge in [-0.25, -0.2) is 0 Å². The number of rotatable bonds is 7. The lowest BCUT2D eigenvalue weighted by Crippen LogP contribution is -2.31. The minimum atomic E-state index is -0.739. The maximum absolute atomic E-state index is 11.1. The highest BCUT2D eigenvalue weighted by Gasteiger charge is 2.26. The molecular weight excluding hydrogens is 362 g/mol. The lowest BCUT2D eigenvalue weighted by Gasteiger charge is -2.25. The van der Waals surface area contributed by atoms with E-state index in [2.05, 4.69) is 23.1 Å². The van der Waals surface area contributed by atoms with Crippen molar-refractivity contribution in [3.05, 3.63) is 90.0 Å². The van der Waals surface area contributed by atoms with E-state index in [4.69, 9.17) is 9.84 Å². The molecule has 4 nitrogen and oxygen atoms in total. The highest BCUT2D eigenvalue weighted by atomic mass is 16.5. The van der Waals surface area contributed by atoms with E-state index in [9.17, 15) is 4.79 Å². The van der Waals surface area contributed by atoms with Gasteiger partial charge in [0, 0.05) is 24.7 Å². The Hall–Kier alpha value is -3.27. The van der Waals surface area contributed by atoms with Crippen LogP contribution in [0, 0.1) is 0 Å². The second-order valence-electron chi connectivity index (χ2n) is 7.45. The SMILES string of the molecule is O=C(O)C[C@H]1CCCN1c1ccc(Oc2ccccc2Cc2ccccc2)cc1. The number of hydrogen-bond acceptors (Lipinski definition) is 3. The summed E-state index contributed by atoms with van der Waals surface area (Å²) in [4.78, 5) is 13.3. The van der Waals surface area contributed by atoms with Crippen LogP contribution in [0.5, 0.6) is 11.5 Å². The molecule has 148 valence electrons. The first kappa shape index (κ1) is 19.1. The summed E-state index contributed by atoms with van der Waals surface area (Å²) < 4.78 is 6.18. The van der Waals surface area contributed by atoms with Crippen molar-refractivity contribution in [3.63, 3.8) is 0 Å². The van der Waals surface area contributed by atoms with Gasteiger partial charge in [0.15, 0.2) is 0 Å². The molecule has 0 saturated carbocycles. The maximum Gasteiger partial charge on any atom is 0.305 e. The summed E-state index contributed by atoms with van der Waals surface area (Å²) in [6.07, 6.45) is 2.96. The highest BCUT2D eigenvalue weighted by molar-refractivity contribution is 5.69. The van der Waals surface area contributed by atoms with Crippen LogP contribution in [0.15, 0.2) is 78.9 Å². The van der Waals surface area contributed by atoms with Crippen molar-refractivity contribution in [1.29, 1.82) is 0 Å². The molecule has 1 saturated heterocycles. The Morgan fingerprint density at radius 3 is 2.45 bits per heavy atom. The molecule has 1 atom stereocenters. The van der Waals surface area contributed by atoms with Crippen LogP contribution in [0.4, 0.5) is 5.69 Å². The number of carbonyl (C=O) groups is 1. The van der Waals surface area contributed by atoms with Gasteiger partial charge in [0.2, 0.25) is 0 Å². The average Bonchev–Trinajstić information content (AvgIpc) is 3.18. The largest absolute Gasteiger partial charge is 0.481 e. The molecule has 4 heteroatoms. The van der Waals surface area contributed by atoms with Crippen LogP contribution in [-0.2, 0) is 11.2 Å². The third-order valence-electron chi connectivity index (χ3n) is 5.39. The van der Waals surface area contributed by atoms with Crippen LogP contribution in [0.2, 0.25) is 0 Å². The van der Waals surface area contributed by atoms with Crippen molar-refractivity contribution in [2.45, 2.75) is 31.7 Å². The Labute approximate surface area is 171 Å². The molecule has 1 aliphatic rings. The number of hydrogen-bond donors (Lipinski definition) is 1. The number of ether oxygens (including phenoxy) is 1. The lowest BCUT2D eigenvalue weighted by atomic mass is 10.0. The number of carboxylic acids is 1. The Balaban J connectivity index is 1.48. The molecule has 1 fully saturated rings. The van der Waals surface area contributed by atoms with Gasteiger partial charge in [-0.15, -0.1) is 0 Å². The van der Waals surface area contributed by atoms with Crippen molar-refractivity contribution < 1.29 is 14.6 Å². The van der Waals surface area contributed by atoms with E-state index in [1.807, 2.05) is 60.7 Å². The third kappa shape index (κ3) is 4.77. The van der Waals surface area contributed by atoms with Gasteiger partial charge in [0.1, 0.15) is 11.5 Å². The molecule has 3 aromatic carbocycles. The summed E-state index contributed by atoms with van der Waals surface area (Å²) in [7, 11) is 0. The number of nitrogens with zero attached hydrogens (tertiary/aromatic N) is 1. The molecule has 0 aromatic heterocycles. The lowest BCUT2D eigenvalue weighted by molar-refractivity contribution is -0.137. The molecule has 1 heterocycles. The van der Waals surface area contributed by atoms with Gasteiger partial charge in [-0.3, -0.25) is 4.79 Å². The van der Waals surface area contributed by atoms with Crippen LogP contribution < -0.4 is 9.64 Å². The first-order valence-electron chi connectivity index (χ1n) is 10.1. The normalized spacial score (nSPS) is 16.0. The minimum Gasteiger partial charge on any atom is -0.481 e. The van der Waals surface area contributed by atoms with Crippen LogP contribution in [-0.4, -0.2) is 23.7 Å². The van der Waals surface area contributed by atoms with Crippen LogP contribution >= 0.6 is 0 Å². The fourth-order valence-electron chi connectivity index (χ4n) is 3.99. The van der Waals surface area contributed by atoms with Gasteiger partial charge < -0.3 is 14.7 Å². The van der Waals surface area contributed by atoms with E-state index in [-0.39, 0.29) is 12.5 Å². The van der Waals surface area contributed by atoms with Gasteiger partial charge in [0.25, 0.3) is 0 Å². The standard InChI is InChI=1S/C25H25NO3/c27-25(28)18-22-10-6-16-26(22)21-12-14-23(15-13-21)29-24-11-5-4-9-20(24)17-19-7-2-1-3-8-19/h1-5,7-9,11-15,22H,6,10,16-18H2,(H,27,28)/t22-/m1/s1. The van der Waals surface area contributed by atoms with E-state index in [1.54, 1.807) is 0 Å². The first-order valence-corrected chi connectivity index (χ1v) is 10.1. The van der Waals surface area contributed by atoms with Gasteiger partial charge in [-0.1, -0.05) is 48.5 Å². The molecule has 0 radical (unpaired) electrons. The van der Waals surface area contributed by atoms with Crippen LogP contribution in [0.25, 0.3) is 0 Å².